The number of aromatic hydroxyl groups is 2. The van der Waals surface area contributed by atoms with Gasteiger partial charge >= 0.3 is 6.36 Å². The molecule has 0 aliphatic heterocycles. The van der Waals surface area contributed by atoms with Gasteiger partial charge < -0.3 is 14.9 Å². The second kappa shape index (κ2) is 8.02. The van der Waals surface area contributed by atoms with Crippen molar-refractivity contribution in [1.29, 1.82) is 0 Å². The summed E-state index contributed by atoms with van der Waals surface area (Å²) in [6, 6.07) is 21.9. The first-order chi connectivity index (χ1) is 14.8. The number of aromatic nitrogens is 1. The molecule has 4 rings (SSSR count). The molecule has 4 aromatic rings. The molecule has 0 aliphatic carbocycles. The molecule has 7 heteroatoms. The number of nitrogens with zero attached hydrogens (tertiary/aromatic N) is 1. The van der Waals surface area contributed by atoms with Crippen molar-refractivity contribution in [1.82, 2.24) is 4.98 Å². The second-order valence-electron chi connectivity index (χ2n) is 6.77. The van der Waals surface area contributed by atoms with Crippen LogP contribution in [0.2, 0.25) is 0 Å². The molecule has 0 atom stereocenters. The Hall–Kier alpha value is -4.00. The number of rotatable bonds is 4. The van der Waals surface area contributed by atoms with E-state index in [1.807, 2.05) is 0 Å². The third kappa shape index (κ3) is 4.78. The van der Waals surface area contributed by atoms with Crippen LogP contribution >= 0.6 is 0 Å². The average Bonchev–Trinajstić information content (AvgIpc) is 2.73. The molecular formula is C24H16F3NO3. The van der Waals surface area contributed by atoms with Gasteiger partial charge in [0.1, 0.15) is 17.2 Å². The Balaban J connectivity index is 1.92. The zero-order valence-electron chi connectivity index (χ0n) is 16.0. The molecule has 4 nitrogen and oxygen atoms in total. The van der Waals surface area contributed by atoms with Gasteiger partial charge in [0, 0.05) is 16.7 Å². The van der Waals surface area contributed by atoms with Crippen molar-refractivity contribution in [3.8, 4) is 50.9 Å². The first-order valence-electron chi connectivity index (χ1n) is 9.24. The fourth-order valence-electron chi connectivity index (χ4n) is 3.20. The molecule has 0 fully saturated rings. The van der Waals surface area contributed by atoms with Crippen LogP contribution in [0.3, 0.4) is 0 Å². The van der Waals surface area contributed by atoms with Crippen molar-refractivity contribution in [2.45, 2.75) is 6.36 Å². The van der Waals surface area contributed by atoms with Gasteiger partial charge in [0.25, 0.3) is 0 Å². The fraction of sp³-hybridized carbons (Fsp3) is 0.0417. The first kappa shape index (κ1) is 20.3. The molecule has 3 aromatic carbocycles. The second-order valence-corrected chi connectivity index (χ2v) is 6.77. The molecule has 0 saturated carbocycles. The minimum absolute atomic E-state index is 0.0386. The number of halogens is 3. The summed E-state index contributed by atoms with van der Waals surface area (Å²) in [5.41, 5.74) is 2.89. The minimum atomic E-state index is -4.84. The molecule has 0 amide bonds. The minimum Gasteiger partial charge on any atom is -0.508 e. The summed E-state index contributed by atoms with van der Waals surface area (Å²) >= 11 is 0. The lowest BCUT2D eigenvalue weighted by Gasteiger charge is -2.15. The Morgan fingerprint density at radius 1 is 0.645 bits per heavy atom. The standard InChI is InChI=1S/C24H16F3NO3/c25-24(26,27)31-23-7-2-1-6-20(23)17-13-21(15-8-10-18(29)11-9-15)28-22(14-17)16-4-3-5-19(30)12-16/h1-14,29-30H. The van der Waals surface area contributed by atoms with Crippen LogP contribution in [0, 0.1) is 0 Å². The number of hydrogen-bond acceptors (Lipinski definition) is 4. The van der Waals surface area contributed by atoms with Crippen molar-refractivity contribution in [2.75, 3.05) is 0 Å². The summed E-state index contributed by atoms with van der Waals surface area (Å²) < 4.78 is 43.0. The molecule has 0 bridgehead atoms. The van der Waals surface area contributed by atoms with Gasteiger partial charge in [0.05, 0.1) is 11.4 Å². The monoisotopic (exact) mass is 423 g/mol. The third-order valence-corrected chi connectivity index (χ3v) is 4.55. The van der Waals surface area contributed by atoms with Gasteiger partial charge in [-0.2, -0.15) is 0 Å². The van der Waals surface area contributed by atoms with Gasteiger partial charge in [-0.1, -0.05) is 30.3 Å². The predicted molar refractivity (Wildman–Crippen MR) is 111 cm³/mol. The van der Waals surface area contributed by atoms with E-state index in [1.54, 1.807) is 42.5 Å². The summed E-state index contributed by atoms with van der Waals surface area (Å²) in [5, 5.41) is 19.4. The quantitative estimate of drug-likeness (QED) is 0.399. The maximum atomic E-state index is 12.9. The number of para-hydroxylation sites is 1. The number of pyridine rings is 1. The lowest BCUT2D eigenvalue weighted by Crippen LogP contribution is -2.17. The van der Waals surface area contributed by atoms with Gasteiger partial charge in [0.2, 0.25) is 0 Å². The lowest BCUT2D eigenvalue weighted by atomic mass is 9.99. The number of benzene rings is 3. The van der Waals surface area contributed by atoms with Crippen molar-refractivity contribution >= 4 is 0 Å². The van der Waals surface area contributed by atoms with Crippen LogP contribution in [-0.2, 0) is 0 Å². The van der Waals surface area contributed by atoms with Gasteiger partial charge in [-0.15, -0.1) is 13.2 Å². The van der Waals surface area contributed by atoms with E-state index in [0.717, 1.165) is 0 Å². The summed E-state index contributed by atoms with van der Waals surface area (Å²) in [6.07, 6.45) is -4.84. The van der Waals surface area contributed by atoms with Crippen LogP contribution in [-0.4, -0.2) is 21.6 Å². The number of hydrogen-bond donors (Lipinski definition) is 2. The highest BCUT2D eigenvalue weighted by molar-refractivity contribution is 5.79. The van der Waals surface area contributed by atoms with Crippen LogP contribution < -0.4 is 4.74 Å². The molecular weight excluding hydrogens is 407 g/mol. The maximum Gasteiger partial charge on any atom is 0.573 e. The van der Waals surface area contributed by atoms with E-state index in [9.17, 15) is 23.4 Å². The smallest absolute Gasteiger partial charge is 0.508 e. The molecule has 0 spiro atoms. The number of alkyl halides is 3. The molecule has 1 heterocycles. The average molecular weight is 423 g/mol. The Morgan fingerprint density at radius 2 is 1.32 bits per heavy atom. The highest BCUT2D eigenvalue weighted by Crippen LogP contribution is 2.37. The van der Waals surface area contributed by atoms with Gasteiger partial charge in [-0.3, -0.25) is 0 Å². The van der Waals surface area contributed by atoms with Gasteiger partial charge in [-0.05, 0) is 60.2 Å². The Labute approximate surface area is 175 Å². The zero-order chi connectivity index (χ0) is 22.0. The van der Waals surface area contributed by atoms with Crippen molar-refractivity contribution in [3.63, 3.8) is 0 Å². The lowest BCUT2D eigenvalue weighted by molar-refractivity contribution is -0.274. The molecule has 0 aliphatic rings. The van der Waals surface area contributed by atoms with E-state index >= 15 is 0 Å². The summed E-state index contributed by atoms with van der Waals surface area (Å²) in [7, 11) is 0. The highest BCUT2D eigenvalue weighted by atomic mass is 19.4. The van der Waals surface area contributed by atoms with Crippen molar-refractivity contribution in [3.05, 3.63) is 84.9 Å². The molecule has 31 heavy (non-hydrogen) atoms. The van der Waals surface area contributed by atoms with Crippen LogP contribution in [0.5, 0.6) is 17.2 Å². The van der Waals surface area contributed by atoms with Gasteiger partial charge in [0.15, 0.2) is 0 Å². The van der Waals surface area contributed by atoms with Crippen LogP contribution in [0.1, 0.15) is 0 Å². The number of phenols is 2. The molecule has 0 saturated heterocycles. The molecule has 156 valence electrons. The van der Waals surface area contributed by atoms with E-state index in [0.29, 0.717) is 28.1 Å². The first-order valence-corrected chi connectivity index (χ1v) is 9.24. The van der Waals surface area contributed by atoms with E-state index < -0.39 is 6.36 Å². The summed E-state index contributed by atoms with van der Waals surface area (Å²) in [5.74, 6) is -0.214. The Morgan fingerprint density at radius 3 is 2.00 bits per heavy atom. The van der Waals surface area contributed by atoms with Crippen molar-refractivity contribution in [2.24, 2.45) is 0 Å². The summed E-state index contributed by atoms with van der Waals surface area (Å²) in [6.45, 7) is 0. The number of ether oxygens (including phenoxy) is 1. The van der Waals surface area contributed by atoms with Crippen LogP contribution in [0.15, 0.2) is 84.9 Å². The van der Waals surface area contributed by atoms with Crippen LogP contribution in [0.4, 0.5) is 13.2 Å². The summed E-state index contributed by atoms with van der Waals surface area (Å²) in [4.78, 5) is 4.62. The molecule has 2 N–H and O–H groups in total. The normalized spacial score (nSPS) is 11.3. The van der Waals surface area contributed by atoms with Crippen molar-refractivity contribution < 1.29 is 28.1 Å². The SMILES string of the molecule is Oc1ccc(-c2cc(-c3ccccc3OC(F)(F)F)cc(-c3cccc(O)c3)n2)cc1. The largest absolute Gasteiger partial charge is 0.573 e. The molecule has 0 unspecified atom stereocenters. The molecule has 0 radical (unpaired) electrons. The maximum absolute atomic E-state index is 12.9. The Kier molecular flexibility index (Phi) is 5.25. The van der Waals surface area contributed by atoms with Crippen LogP contribution in [0.25, 0.3) is 33.6 Å². The fourth-order valence-corrected chi connectivity index (χ4v) is 3.20. The third-order valence-electron chi connectivity index (χ3n) is 4.55. The van der Waals surface area contributed by atoms with E-state index in [4.69, 9.17) is 0 Å². The van der Waals surface area contributed by atoms with E-state index in [1.165, 1.54) is 42.5 Å². The zero-order valence-corrected chi connectivity index (χ0v) is 16.0. The van der Waals surface area contributed by atoms with E-state index in [-0.39, 0.29) is 22.8 Å². The molecule has 1 aromatic heterocycles. The highest BCUT2D eigenvalue weighted by Gasteiger charge is 2.32. The van der Waals surface area contributed by atoms with Gasteiger partial charge in [-0.25, -0.2) is 4.98 Å². The number of phenolic OH excluding ortho intramolecular Hbond substituents is 2. The Bertz CT molecular complexity index is 1220. The topological polar surface area (TPSA) is 62.6 Å². The van der Waals surface area contributed by atoms with E-state index in [2.05, 4.69) is 9.72 Å². The predicted octanol–water partition coefficient (Wildman–Crippen LogP) is 6.39.